The van der Waals surface area contributed by atoms with Gasteiger partial charge in [0.2, 0.25) is 0 Å². The minimum Gasteiger partial charge on any atom is -0.481 e. The van der Waals surface area contributed by atoms with E-state index in [1.54, 1.807) is 0 Å². The highest BCUT2D eigenvalue weighted by molar-refractivity contribution is 7.53. The van der Waals surface area contributed by atoms with Gasteiger partial charge < -0.3 is 9.26 Å². The summed E-state index contributed by atoms with van der Waals surface area (Å²) in [6.45, 7) is 2.46. The number of terminal acetylenes is 1. The highest BCUT2D eigenvalue weighted by Gasteiger charge is 2.32. The van der Waals surface area contributed by atoms with Gasteiger partial charge in [0.15, 0.2) is 0 Å². The lowest BCUT2D eigenvalue weighted by Crippen LogP contribution is -2.09. The first-order valence-corrected chi connectivity index (χ1v) is 8.99. The van der Waals surface area contributed by atoms with E-state index >= 15 is 0 Å². The third kappa shape index (κ3) is 3.59. The van der Waals surface area contributed by atoms with Crippen molar-refractivity contribution in [3.05, 3.63) is 59.2 Å². The third-order valence-corrected chi connectivity index (χ3v) is 5.35. The number of hydrogen-bond acceptors (Lipinski definition) is 4. The van der Waals surface area contributed by atoms with Gasteiger partial charge in [0.05, 0.1) is 12.8 Å². The molecule has 23 heavy (non-hydrogen) atoms. The lowest BCUT2D eigenvalue weighted by atomic mass is 10.1. The summed E-state index contributed by atoms with van der Waals surface area (Å²) in [7, 11) is -3.20. The minimum atomic E-state index is -3.20. The smallest absolute Gasteiger partial charge is 0.383 e. The second-order valence-corrected chi connectivity index (χ2v) is 7.30. The summed E-state index contributed by atoms with van der Waals surface area (Å²) in [4.78, 5) is 0. The van der Waals surface area contributed by atoms with Gasteiger partial charge in [-0.2, -0.15) is 0 Å². The third-order valence-electron chi connectivity index (χ3n) is 3.63. The Morgan fingerprint density at radius 1 is 1.30 bits per heavy atom. The average molecular weight is 328 g/mol. The van der Waals surface area contributed by atoms with Gasteiger partial charge >= 0.3 is 7.60 Å². The van der Waals surface area contributed by atoms with E-state index < -0.39 is 7.60 Å². The molecule has 4 nitrogen and oxygen atoms in total. The van der Waals surface area contributed by atoms with E-state index in [2.05, 4.69) is 5.92 Å². The monoisotopic (exact) mass is 328 g/mol. The Balaban J connectivity index is 1.77. The van der Waals surface area contributed by atoms with Crippen LogP contribution in [0.2, 0.25) is 0 Å². The SMILES string of the molecule is C#CCOc1ccc(CP2(=O)OCc3ccccc3O2)c(C)c1. The number of benzene rings is 2. The number of ether oxygens (including phenoxy) is 1. The molecule has 118 valence electrons. The highest BCUT2D eigenvalue weighted by atomic mass is 31.2. The van der Waals surface area contributed by atoms with Gasteiger partial charge in [-0.3, -0.25) is 4.52 Å². The van der Waals surface area contributed by atoms with Crippen LogP contribution >= 0.6 is 7.60 Å². The quantitative estimate of drug-likeness (QED) is 0.620. The van der Waals surface area contributed by atoms with Crippen LogP contribution in [0.5, 0.6) is 11.5 Å². The van der Waals surface area contributed by atoms with E-state index in [4.69, 9.17) is 20.2 Å². The van der Waals surface area contributed by atoms with Crippen LogP contribution in [0.15, 0.2) is 42.5 Å². The standard InChI is InChI=1S/C18H17O4P/c1-3-10-20-17-9-8-16(14(2)11-17)13-23(19)21-12-15-6-4-5-7-18(15)22-23/h1,4-9,11H,10,12-13H2,2H3. The van der Waals surface area contributed by atoms with E-state index in [0.29, 0.717) is 18.1 Å². The Kier molecular flexibility index (Phi) is 4.43. The summed E-state index contributed by atoms with van der Waals surface area (Å²) in [5.74, 6) is 3.75. The molecule has 2 aromatic rings. The molecule has 3 rings (SSSR count). The molecule has 0 aromatic heterocycles. The fourth-order valence-electron chi connectivity index (χ4n) is 2.40. The molecule has 0 saturated carbocycles. The molecule has 0 fully saturated rings. The van der Waals surface area contributed by atoms with Crippen LogP contribution in [-0.2, 0) is 21.9 Å². The summed E-state index contributed by atoms with van der Waals surface area (Å²) < 4.78 is 29.4. The second-order valence-electron chi connectivity index (χ2n) is 5.32. The minimum absolute atomic E-state index is 0.223. The maximum Gasteiger partial charge on any atom is 0.383 e. The topological polar surface area (TPSA) is 44.8 Å². The molecule has 2 aromatic carbocycles. The van der Waals surface area contributed by atoms with Crippen LogP contribution in [0.25, 0.3) is 0 Å². The lowest BCUT2D eigenvalue weighted by molar-refractivity contribution is 0.231. The number of rotatable bonds is 4. The fraction of sp³-hybridized carbons (Fsp3) is 0.222. The van der Waals surface area contributed by atoms with Gasteiger partial charge in [0.1, 0.15) is 18.1 Å². The van der Waals surface area contributed by atoms with Gasteiger partial charge in [0, 0.05) is 5.56 Å². The first-order chi connectivity index (χ1) is 11.1. The van der Waals surface area contributed by atoms with Crippen molar-refractivity contribution in [2.45, 2.75) is 19.7 Å². The number of fused-ring (bicyclic) bond motifs is 1. The summed E-state index contributed by atoms with van der Waals surface area (Å²) >= 11 is 0. The van der Waals surface area contributed by atoms with Crippen molar-refractivity contribution in [1.82, 2.24) is 0 Å². The molecule has 0 amide bonds. The maximum absolute atomic E-state index is 12.9. The van der Waals surface area contributed by atoms with E-state index in [1.165, 1.54) is 0 Å². The van der Waals surface area contributed by atoms with Crippen LogP contribution in [0.1, 0.15) is 16.7 Å². The highest BCUT2D eigenvalue weighted by Crippen LogP contribution is 2.56. The van der Waals surface area contributed by atoms with E-state index in [0.717, 1.165) is 16.7 Å². The van der Waals surface area contributed by atoms with Crippen LogP contribution in [0, 0.1) is 19.3 Å². The van der Waals surface area contributed by atoms with Crippen molar-refractivity contribution in [3.8, 4) is 23.8 Å². The largest absolute Gasteiger partial charge is 0.481 e. The zero-order valence-corrected chi connectivity index (χ0v) is 13.7. The van der Waals surface area contributed by atoms with Crippen LogP contribution in [0.4, 0.5) is 0 Å². The molecule has 0 N–H and O–H groups in total. The van der Waals surface area contributed by atoms with Crippen LogP contribution in [-0.4, -0.2) is 6.61 Å². The Labute approximate surface area is 135 Å². The molecule has 1 aliphatic heterocycles. The first-order valence-electron chi connectivity index (χ1n) is 7.26. The van der Waals surface area contributed by atoms with Gasteiger partial charge in [-0.05, 0) is 36.2 Å². The summed E-state index contributed by atoms with van der Waals surface area (Å²) in [5.41, 5.74) is 2.77. The molecule has 0 bridgehead atoms. The zero-order chi connectivity index (χ0) is 16.3. The number of hydrogen-bond donors (Lipinski definition) is 0. The summed E-state index contributed by atoms with van der Waals surface area (Å²) in [5, 5.41) is 0. The van der Waals surface area contributed by atoms with Crippen LogP contribution < -0.4 is 9.26 Å². The van der Waals surface area contributed by atoms with Crippen molar-refractivity contribution in [3.63, 3.8) is 0 Å². The Morgan fingerprint density at radius 3 is 2.91 bits per heavy atom. The lowest BCUT2D eigenvalue weighted by Gasteiger charge is -2.26. The Morgan fingerprint density at radius 2 is 2.13 bits per heavy atom. The van der Waals surface area contributed by atoms with Gasteiger partial charge in [-0.25, -0.2) is 4.57 Å². The zero-order valence-electron chi connectivity index (χ0n) is 12.8. The van der Waals surface area contributed by atoms with Gasteiger partial charge in [-0.1, -0.05) is 30.2 Å². The molecular weight excluding hydrogens is 311 g/mol. The van der Waals surface area contributed by atoms with Crippen molar-refractivity contribution in [2.75, 3.05) is 6.61 Å². The van der Waals surface area contributed by atoms with Gasteiger partial charge in [0.25, 0.3) is 0 Å². The van der Waals surface area contributed by atoms with Gasteiger partial charge in [-0.15, -0.1) is 6.42 Å². The molecule has 1 unspecified atom stereocenters. The maximum atomic E-state index is 12.9. The van der Waals surface area contributed by atoms with E-state index in [-0.39, 0.29) is 12.8 Å². The fourth-order valence-corrected chi connectivity index (χ4v) is 4.20. The number of aryl methyl sites for hydroxylation is 1. The van der Waals surface area contributed by atoms with Crippen molar-refractivity contribution in [1.29, 1.82) is 0 Å². The molecule has 0 radical (unpaired) electrons. The predicted octanol–water partition coefficient (Wildman–Crippen LogP) is 4.31. The van der Waals surface area contributed by atoms with Crippen molar-refractivity contribution in [2.24, 2.45) is 0 Å². The van der Waals surface area contributed by atoms with E-state index in [1.807, 2.05) is 49.4 Å². The number of para-hydroxylation sites is 1. The molecule has 1 heterocycles. The van der Waals surface area contributed by atoms with Crippen molar-refractivity contribution >= 4 is 7.60 Å². The van der Waals surface area contributed by atoms with Crippen LogP contribution in [0.3, 0.4) is 0 Å². The van der Waals surface area contributed by atoms with E-state index in [9.17, 15) is 4.57 Å². The average Bonchev–Trinajstić information content (AvgIpc) is 2.55. The molecule has 1 aliphatic rings. The first kappa shape index (κ1) is 15.7. The Bertz CT molecular complexity index is 807. The summed E-state index contributed by atoms with van der Waals surface area (Å²) in [6, 6.07) is 13.0. The summed E-state index contributed by atoms with van der Waals surface area (Å²) in [6.07, 6.45) is 5.40. The molecular formula is C18H17O4P. The molecule has 0 spiro atoms. The normalized spacial score (nSPS) is 19.3. The molecule has 5 heteroatoms. The predicted molar refractivity (Wildman–Crippen MR) is 88.7 cm³/mol. The molecule has 0 aliphatic carbocycles. The Hall–Kier alpha value is -2.21. The second kappa shape index (κ2) is 6.50. The molecule has 1 atom stereocenters. The van der Waals surface area contributed by atoms with Crippen molar-refractivity contribution < 1.29 is 18.3 Å². The molecule has 0 saturated heterocycles.